The Morgan fingerprint density at radius 1 is 0.868 bits per heavy atom. The number of carbonyl (C=O) groups is 4. The summed E-state index contributed by atoms with van der Waals surface area (Å²) in [5, 5.41) is 18.3. The van der Waals surface area contributed by atoms with Crippen molar-refractivity contribution in [3.8, 4) is 0 Å². The third-order valence-corrected chi connectivity index (χ3v) is 6.54. The van der Waals surface area contributed by atoms with Gasteiger partial charge < -0.3 is 15.9 Å². The number of amides is 1. The van der Waals surface area contributed by atoms with Gasteiger partial charge in [-0.3, -0.25) is 9.59 Å². The van der Waals surface area contributed by atoms with E-state index in [1.54, 1.807) is 6.92 Å². The van der Waals surface area contributed by atoms with Crippen molar-refractivity contribution in [3.63, 3.8) is 0 Å². The zero-order chi connectivity index (χ0) is 28.6. The molecule has 4 N–H and O–H groups in total. The number of carboxylic acid groups (broad SMARTS) is 2. The molecule has 1 atom stereocenters. The topological polar surface area (TPSA) is 135 Å². The molecular weight excluding hydrogens is 510 g/mol. The van der Waals surface area contributed by atoms with Crippen LogP contribution in [-0.2, 0) is 0 Å². The number of ketones is 1. The van der Waals surface area contributed by atoms with Crippen molar-refractivity contribution in [2.24, 2.45) is 11.7 Å². The maximum absolute atomic E-state index is 13.2. The van der Waals surface area contributed by atoms with E-state index in [1.165, 1.54) is 6.42 Å². The third-order valence-electron chi connectivity index (χ3n) is 6.54. The Morgan fingerprint density at radius 2 is 1.34 bits per heavy atom. The Hall–Kier alpha value is -3.50. The quantitative estimate of drug-likeness (QED) is 0.243. The van der Waals surface area contributed by atoms with E-state index in [0.717, 1.165) is 49.9 Å². The molecule has 0 saturated heterocycles. The van der Waals surface area contributed by atoms with Gasteiger partial charge >= 0.3 is 18.1 Å². The Balaban J connectivity index is 0.000000624. The zero-order valence-corrected chi connectivity index (χ0v) is 20.9. The minimum atomic E-state index is -4.49. The zero-order valence-electron chi connectivity index (χ0n) is 20.9. The average Bonchev–Trinajstić information content (AvgIpc) is 2.84. The number of primary amides is 1. The fourth-order valence-corrected chi connectivity index (χ4v) is 4.60. The van der Waals surface area contributed by atoms with Crippen molar-refractivity contribution >= 4 is 34.4 Å². The van der Waals surface area contributed by atoms with Crippen molar-refractivity contribution in [2.75, 3.05) is 0 Å². The Kier molecular flexibility index (Phi) is 10.8. The molecule has 7 nitrogen and oxygen atoms in total. The van der Waals surface area contributed by atoms with Crippen LogP contribution in [-0.4, -0.2) is 46.2 Å². The van der Waals surface area contributed by atoms with Gasteiger partial charge in [-0.1, -0.05) is 32.6 Å². The second-order valence-electron chi connectivity index (χ2n) is 9.27. The molecule has 1 aliphatic carbocycles. The smallest absolute Gasteiger partial charge is 0.391 e. The van der Waals surface area contributed by atoms with Crippen molar-refractivity contribution < 1.29 is 47.0 Å². The van der Waals surface area contributed by atoms with Crippen molar-refractivity contribution in [3.05, 3.63) is 46.5 Å². The van der Waals surface area contributed by atoms with E-state index in [0.29, 0.717) is 0 Å². The number of rotatable bonds is 9. The number of fused-ring (bicyclic) bond motifs is 1. The van der Waals surface area contributed by atoms with Gasteiger partial charge in [-0.15, -0.1) is 0 Å². The van der Waals surface area contributed by atoms with Crippen LogP contribution < -0.4 is 5.73 Å². The van der Waals surface area contributed by atoms with E-state index in [9.17, 15) is 47.0 Å². The molecule has 2 aromatic rings. The van der Waals surface area contributed by atoms with Gasteiger partial charge in [-0.05, 0) is 49.9 Å². The highest BCUT2D eigenvalue weighted by molar-refractivity contribution is 6.23. The molecular formula is C27H31F4NO6. The van der Waals surface area contributed by atoms with Crippen LogP contribution in [0.5, 0.6) is 0 Å². The summed E-state index contributed by atoms with van der Waals surface area (Å²) in [7, 11) is 0. The number of hydrogen-bond acceptors (Lipinski definition) is 4. The number of carbonyl (C=O) groups excluding carboxylic acids is 2. The number of nitrogens with two attached hydrogens (primary N) is 1. The minimum absolute atomic E-state index is 0.165. The molecule has 3 rings (SSSR count). The number of benzene rings is 2. The van der Waals surface area contributed by atoms with Gasteiger partial charge in [0.2, 0.25) is 5.91 Å². The van der Waals surface area contributed by atoms with Gasteiger partial charge in [0.15, 0.2) is 5.78 Å². The van der Waals surface area contributed by atoms with E-state index in [2.05, 4.69) is 0 Å². The molecule has 0 bridgehead atoms. The van der Waals surface area contributed by atoms with Crippen LogP contribution >= 0.6 is 0 Å². The van der Waals surface area contributed by atoms with Crippen molar-refractivity contribution in [1.29, 1.82) is 0 Å². The molecule has 0 radical (unpaired) electrons. The van der Waals surface area contributed by atoms with Crippen LogP contribution in [0.1, 0.15) is 106 Å². The molecule has 1 amide bonds. The maximum atomic E-state index is 13.2. The molecule has 1 saturated carbocycles. The van der Waals surface area contributed by atoms with Gasteiger partial charge in [0.05, 0.1) is 17.0 Å². The predicted octanol–water partition coefficient (Wildman–Crippen LogP) is 6.57. The highest BCUT2D eigenvalue weighted by atomic mass is 19.4. The number of aromatic carboxylic acids is 2. The lowest BCUT2D eigenvalue weighted by Crippen LogP contribution is -2.23. The lowest BCUT2D eigenvalue weighted by atomic mass is 9.88. The van der Waals surface area contributed by atoms with E-state index in [-0.39, 0.29) is 34.7 Å². The Labute approximate surface area is 217 Å². The number of hydrogen-bond donors (Lipinski definition) is 3. The van der Waals surface area contributed by atoms with Gasteiger partial charge in [0, 0.05) is 28.3 Å². The molecule has 38 heavy (non-hydrogen) atoms. The summed E-state index contributed by atoms with van der Waals surface area (Å²) in [5.74, 6) is -6.54. The fraction of sp³-hybridized carbons (Fsp3) is 0.481. The molecule has 0 aliphatic heterocycles. The highest BCUT2D eigenvalue weighted by Gasteiger charge is 2.38. The second-order valence-corrected chi connectivity index (χ2v) is 9.27. The molecule has 1 fully saturated rings. The van der Waals surface area contributed by atoms with Gasteiger partial charge in [0.1, 0.15) is 6.17 Å². The van der Waals surface area contributed by atoms with Crippen LogP contribution in [0.2, 0.25) is 0 Å². The first-order chi connectivity index (χ1) is 17.8. The van der Waals surface area contributed by atoms with Gasteiger partial charge in [0.25, 0.3) is 0 Å². The Bertz CT molecular complexity index is 1170. The predicted molar refractivity (Wildman–Crippen MR) is 132 cm³/mol. The summed E-state index contributed by atoms with van der Waals surface area (Å²) in [5.41, 5.74) is 3.78. The fourth-order valence-electron chi connectivity index (χ4n) is 4.60. The Morgan fingerprint density at radius 3 is 1.74 bits per heavy atom. The van der Waals surface area contributed by atoms with Crippen molar-refractivity contribution in [2.45, 2.75) is 77.1 Å². The minimum Gasteiger partial charge on any atom is -0.478 e. The number of carboxylic acids is 2. The third kappa shape index (κ3) is 7.75. The van der Waals surface area contributed by atoms with Crippen LogP contribution in [0.25, 0.3) is 10.8 Å². The molecule has 0 spiro atoms. The lowest BCUT2D eigenvalue weighted by Gasteiger charge is -2.19. The van der Waals surface area contributed by atoms with Crippen LogP contribution in [0, 0.1) is 5.92 Å². The van der Waals surface area contributed by atoms with Crippen LogP contribution in [0.4, 0.5) is 17.6 Å². The summed E-state index contributed by atoms with van der Waals surface area (Å²) in [6.45, 7) is 1.59. The summed E-state index contributed by atoms with van der Waals surface area (Å²) in [6.07, 6.45) is -0.781. The first kappa shape index (κ1) is 30.7. The van der Waals surface area contributed by atoms with Crippen LogP contribution in [0.3, 0.4) is 0 Å². The maximum Gasteiger partial charge on any atom is 0.391 e. The van der Waals surface area contributed by atoms with E-state index < -0.39 is 65.9 Å². The van der Waals surface area contributed by atoms with E-state index >= 15 is 0 Å². The van der Waals surface area contributed by atoms with Crippen LogP contribution in [0.15, 0.2) is 24.3 Å². The average molecular weight is 542 g/mol. The summed E-state index contributed by atoms with van der Waals surface area (Å²) < 4.78 is 51.7. The lowest BCUT2D eigenvalue weighted by molar-refractivity contribution is -0.177. The largest absolute Gasteiger partial charge is 0.478 e. The molecule has 1 unspecified atom stereocenters. The monoisotopic (exact) mass is 541 g/mol. The first-order valence-corrected chi connectivity index (χ1v) is 12.4. The normalized spacial score (nSPS) is 14.9. The molecule has 11 heteroatoms. The van der Waals surface area contributed by atoms with Gasteiger partial charge in [-0.2, -0.15) is 13.2 Å². The number of Topliss-reactive ketones (excluding diaryl/α,β-unsaturated/α-hetero) is 1. The summed E-state index contributed by atoms with van der Waals surface area (Å²) in [4.78, 5) is 48.0. The molecule has 208 valence electrons. The second kappa shape index (κ2) is 13.3. The molecule has 0 heterocycles. The highest BCUT2D eigenvalue weighted by Crippen LogP contribution is 2.35. The summed E-state index contributed by atoms with van der Waals surface area (Å²) >= 11 is 0. The molecule has 2 aromatic carbocycles. The number of halogens is 4. The number of alkyl halides is 4. The van der Waals surface area contributed by atoms with Crippen molar-refractivity contribution in [1.82, 2.24) is 0 Å². The van der Waals surface area contributed by atoms with E-state index in [1.807, 2.05) is 0 Å². The van der Waals surface area contributed by atoms with Gasteiger partial charge in [-0.25, -0.2) is 14.0 Å². The summed E-state index contributed by atoms with van der Waals surface area (Å²) in [6, 6.07) is 4.09. The van der Waals surface area contributed by atoms with E-state index in [4.69, 9.17) is 5.73 Å². The SMILES string of the molecule is CCCC(CCC(=O)c1ccc(C(=O)O)c2c(C(N)=O)ccc(C(=O)O)c12)C(F)(F)F.FC1CCCCC1. The molecule has 0 aromatic heterocycles. The standard InChI is InChI=1S/C21H20F3NO6.C6H11F/c1-2-3-10(21(22,23)24)4-9-15(26)11-5-7-14(20(30)31)17-12(18(25)27)6-8-13(16(11)17)19(28)29;7-6-4-2-1-3-5-6/h5-8,10H,2-4,9H2,1H3,(H2,25,27)(H,28,29)(H,30,31);6H,1-5H2. The molecule has 1 aliphatic rings. The first-order valence-electron chi connectivity index (χ1n) is 12.4.